The van der Waals surface area contributed by atoms with E-state index in [-0.39, 0.29) is 35.8 Å². The number of ether oxygens (including phenoxy) is 3. The Morgan fingerprint density at radius 2 is 2.09 bits per heavy atom. The Morgan fingerprint density at radius 3 is 2.75 bits per heavy atom. The van der Waals surface area contributed by atoms with Crippen molar-refractivity contribution in [1.29, 1.82) is 0 Å². The van der Waals surface area contributed by atoms with E-state index in [9.17, 15) is 14.4 Å². The van der Waals surface area contributed by atoms with Crippen molar-refractivity contribution < 1.29 is 33.0 Å². The molecule has 32 heavy (non-hydrogen) atoms. The monoisotopic (exact) mass is 444 g/mol. The number of fused-ring (bicyclic) bond motifs is 1. The molecule has 7 atom stereocenters. The molecular weight excluding hydrogens is 412 g/mol. The van der Waals surface area contributed by atoms with Crippen LogP contribution in [-0.2, 0) is 28.6 Å². The molecule has 1 aliphatic carbocycles. The lowest BCUT2D eigenvalue weighted by atomic mass is 9.62. The van der Waals surface area contributed by atoms with Gasteiger partial charge in [-0.15, -0.1) is 0 Å². The Morgan fingerprint density at radius 1 is 1.34 bits per heavy atom. The Labute approximate surface area is 188 Å². The molecule has 7 nitrogen and oxygen atoms in total. The number of epoxide rings is 1. The third-order valence-electron chi connectivity index (χ3n) is 8.05. The zero-order valence-electron chi connectivity index (χ0n) is 19.4. The molecule has 1 aromatic heterocycles. The van der Waals surface area contributed by atoms with Crippen molar-refractivity contribution in [2.24, 2.45) is 17.3 Å². The molecule has 174 valence electrons. The van der Waals surface area contributed by atoms with Gasteiger partial charge in [0.2, 0.25) is 0 Å². The standard InChI is InChI=1S/C25H32O7/c1-6-14(2)22(27)31-21(24(4)19(26)7-8-20-25(24,5)32-20)11-15(3)17-12-18(30-23(17)28)16-9-10-29-13-16/h6,9-10,13,15,17-18,20-21H,7-8,11-12H2,1-5H3/b14-6-/t15-,17-,18?,20?,21-,24-,25-/m1/s1. The van der Waals surface area contributed by atoms with Gasteiger partial charge < -0.3 is 18.6 Å². The van der Waals surface area contributed by atoms with E-state index in [0.717, 1.165) is 5.56 Å². The lowest BCUT2D eigenvalue weighted by molar-refractivity contribution is -0.163. The summed E-state index contributed by atoms with van der Waals surface area (Å²) in [6.07, 6.45) is 5.76. The van der Waals surface area contributed by atoms with Gasteiger partial charge in [0, 0.05) is 24.0 Å². The molecule has 0 bridgehead atoms. The molecule has 0 amide bonds. The van der Waals surface area contributed by atoms with Crippen LogP contribution in [0.3, 0.4) is 0 Å². The van der Waals surface area contributed by atoms with E-state index in [0.29, 0.717) is 31.3 Å². The molecular formula is C25H32O7. The molecule has 4 rings (SSSR count). The highest BCUT2D eigenvalue weighted by atomic mass is 16.6. The van der Waals surface area contributed by atoms with Crippen molar-refractivity contribution in [2.45, 2.75) is 84.2 Å². The second-order valence-electron chi connectivity index (χ2n) is 9.78. The van der Waals surface area contributed by atoms with E-state index in [1.165, 1.54) is 0 Å². The minimum atomic E-state index is -0.972. The summed E-state index contributed by atoms with van der Waals surface area (Å²) < 4.78 is 22.7. The highest BCUT2D eigenvalue weighted by Gasteiger charge is 2.72. The van der Waals surface area contributed by atoms with Crippen LogP contribution in [0.15, 0.2) is 34.7 Å². The van der Waals surface area contributed by atoms with Crippen molar-refractivity contribution >= 4 is 17.7 Å². The van der Waals surface area contributed by atoms with Crippen LogP contribution in [0.2, 0.25) is 0 Å². The van der Waals surface area contributed by atoms with Crippen molar-refractivity contribution in [2.75, 3.05) is 0 Å². The van der Waals surface area contributed by atoms with Gasteiger partial charge in [0.25, 0.3) is 0 Å². The van der Waals surface area contributed by atoms with Crippen molar-refractivity contribution in [1.82, 2.24) is 0 Å². The largest absolute Gasteiger partial charge is 0.472 e. The number of ketones is 1. The molecule has 0 N–H and O–H groups in total. The van der Waals surface area contributed by atoms with E-state index >= 15 is 0 Å². The summed E-state index contributed by atoms with van der Waals surface area (Å²) >= 11 is 0. The molecule has 1 saturated carbocycles. The second kappa shape index (κ2) is 8.18. The van der Waals surface area contributed by atoms with Crippen LogP contribution in [0.25, 0.3) is 0 Å². The number of Topliss-reactive ketones (excluding diaryl/α,β-unsaturated/α-hetero) is 1. The maximum absolute atomic E-state index is 13.2. The summed E-state index contributed by atoms with van der Waals surface area (Å²) in [7, 11) is 0. The van der Waals surface area contributed by atoms with E-state index in [2.05, 4.69) is 0 Å². The van der Waals surface area contributed by atoms with Gasteiger partial charge in [0.05, 0.1) is 30.0 Å². The number of furan rings is 1. The smallest absolute Gasteiger partial charge is 0.333 e. The van der Waals surface area contributed by atoms with Crippen LogP contribution in [0.5, 0.6) is 0 Å². The number of esters is 2. The Hall–Kier alpha value is -2.41. The van der Waals surface area contributed by atoms with E-state index in [1.807, 2.05) is 20.8 Å². The van der Waals surface area contributed by atoms with Crippen LogP contribution >= 0.6 is 0 Å². The van der Waals surface area contributed by atoms with Gasteiger partial charge in [-0.05, 0) is 52.5 Å². The number of rotatable bonds is 7. The minimum absolute atomic E-state index is 0.00793. The zero-order chi connectivity index (χ0) is 23.3. The molecule has 0 aromatic carbocycles. The van der Waals surface area contributed by atoms with Crippen molar-refractivity contribution in [3.05, 3.63) is 35.8 Å². The number of hydrogen-bond acceptors (Lipinski definition) is 7. The molecule has 1 aromatic rings. The highest BCUT2D eigenvalue weighted by molar-refractivity contribution is 5.91. The number of cyclic esters (lactones) is 1. The topological polar surface area (TPSA) is 95.3 Å². The zero-order valence-corrected chi connectivity index (χ0v) is 19.4. The predicted molar refractivity (Wildman–Crippen MR) is 114 cm³/mol. The SMILES string of the molecule is C/C=C(/C)C(=O)O[C@H](C[C@@H](C)[C@H]1CC(c2ccoc2)OC1=O)[C@@]1(C)C(=O)CCC2O[C@]21C. The fraction of sp³-hybridized carbons (Fsp3) is 0.640. The van der Waals surface area contributed by atoms with Gasteiger partial charge in [-0.3, -0.25) is 9.59 Å². The van der Waals surface area contributed by atoms with Gasteiger partial charge in [-0.25, -0.2) is 4.79 Å². The average Bonchev–Trinajstić information content (AvgIpc) is 3.12. The van der Waals surface area contributed by atoms with Crippen LogP contribution < -0.4 is 0 Å². The quantitative estimate of drug-likeness (QED) is 0.351. The van der Waals surface area contributed by atoms with Crippen LogP contribution in [0.1, 0.15) is 72.0 Å². The summed E-state index contributed by atoms with van der Waals surface area (Å²) in [5, 5.41) is 0. The fourth-order valence-electron chi connectivity index (χ4n) is 5.32. The first-order valence-corrected chi connectivity index (χ1v) is 11.4. The number of allylic oxidation sites excluding steroid dienone is 1. The van der Waals surface area contributed by atoms with Crippen LogP contribution in [0, 0.1) is 17.3 Å². The molecule has 2 saturated heterocycles. The molecule has 3 aliphatic rings. The van der Waals surface area contributed by atoms with Crippen LogP contribution in [-0.4, -0.2) is 35.5 Å². The third kappa shape index (κ3) is 3.60. The summed E-state index contributed by atoms with van der Waals surface area (Å²) in [5.74, 6) is -1.19. The maximum Gasteiger partial charge on any atom is 0.333 e. The van der Waals surface area contributed by atoms with Gasteiger partial charge >= 0.3 is 11.9 Å². The lowest BCUT2D eigenvalue weighted by Gasteiger charge is -2.42. The molecule has 0 radical (unpaired) electrons. The molecule has 3 fully saturated rings. The highest BCUT2D eigenvalue weighted by Crippen LogP contribution is 2.59. The molecule has 2 aliphatic heterocycles. The average molecular weight is 445 g/mol. The van der Waals surface area contributed by atoms with E-state index in [1.54, 1.807) is 38.5 Å². The van der Waals surface area contributed by atoms with Gasteiger partial charge in [-0.2, -0.15) is 0 Å². The summed E-state index contributed by atoms with van der Waals surface area (Å²) in [6.45, 7) is 9.20. The van der Waals surface area contributed by atoms with Crippen molar-refractivity contribution in [3.63, 3.8) is 0 Å². The predicted octanol–water partition coefficient (Wildman–Crippen LogP) is 4.31. The number of carbonyl (C=O) groups excluding carboxylic acids is 3. The van der Waals surface area contributed by atoms with Gasteiger partial charge in [0.15, 0.2) is 0 Å². The Kier molecular flexibility index (Phi) is 5.82. The molecule has 3 heterocycles. The Bertz CT molecular complexity index is 932. The van der Waals surface area contributed by atoms with Gasteiger partial charge in [0.1, 0.15) is 23.6 Å². The van der Waals surface area contributed by atoms with E-state index in [4.69, 9.17) is 18.6 Å². The lowest BCUT2D eigenvalue weighted by Crippen LogP contribution is -2.55. The second-order valence-corrected chi connectivity index (χ2v) is 9.78. The first kappa shape index (κ1) is 22.8. The number of carbonyl (C=O) groups is 3. The number of hydrogen-bond donors (Lipinski definition) is 0. The summed E-state index contributed by atoms with van der Waals surface area (Å²) in [4.78, 5) is 38.6. The summed E-state index contributed by atoms with van der Waals surface area (Å²) in [5.41, 5.74) is -0.323. The first-order valence-electron chi connectivity index (χ1n) is 11.4. The minimum Gasteiger partial charge on any atom is -0.472 e. The normalized spacial score (nSPS) is 36.3. The van der Waals surface area contributed by atoms with Gasteiger partial charge in [-0.1, -0.05) is 13.0 Å². The molecule has 0 spiro atoms. The van der Waals surface area contributed by atoms with Crippen molar-refractivity contribution in [3.8, 4) is 0 Å². The maximum atomic E-state index is 13.2. The molecule has 7 heteroatoms. The van der Waals surface area contributed by atoms with E-state index < -0.39 is 23.1 Å². The van der Waals surface area contributed by atoms with Crippen LogP contribution in [0.4, 0.5) is 0 Å². The first-order chi connectivity index (χ1) is 15.1. The molecule has 2 unspecified atom stereocenters. The Balaban J connectivity index is 1.57. The third-order valence-corrected chi connectivity index (χ3v) is 8.05. The summed E-state index contributed by atoms with van der Waals surface area (Å²) in [6, 6.07) is 1.79. The fourth-order valence-corrected chi connectivity index (χ4v) is 5.32.